The molecule has 206 valence electrons. The lowest BCUT2D eigenvalue weighted by Gasteiger charge is -2.26. The average Bonchev–Trinajstić information content (AvgIpc) is 2.92. The normalized spacial score (nSPS) is 14.2. The smallest absolute Gasteiger partial charge is 0.338 e. The molecule has 0 spiro atoms. The summed E-state index contributed by atoms with van der Waals surface area (Å²) in [6.45, 7) is 4.37. The van der Waals surface area contributed by atoms with Crippen molar-refractivity contribution in [3.63, 3.8) is 0 Å². The van der Waals surface area contributed by atoms with Crippen molar-refractivity contribution in [2.45, 2.75) is 20.5 Å². The summed E-state index contributed by atoms with van der Waals surface area (Å²) in [5.74, 6) is -1.31. The predicted octanol–water partition coefficient (Wildman–Crippen LogP) is 6.03. The number of rotatable bonds is 9. The molecule has 1 saturated heterocycles. The van der Waals surface area contributed by atoms with Gasteiger partial charge >= 0.3 is 12.0 Å². The molecule has 0 radical (unpaired) electrons. The first-order valence-corrected chi connectivity index (χ1v) is 13.8. The summed E-state index contributed by atoms with van der Waals surface area (Å²) < 4.78 is 18.3. The van der Waals surface area contributed by atoms with Gasteiger partial charge in [-0.05, 0) is 95.5 Å². The number of anilines is 1. The lowest BCUT2D eigenvalue weighted by molar-refractivity contribution is -0.122. The fraction of sp³-hybridized carbons (Fsp3) is 0.172. The maximum absolute atomic E-state index is 13.3. The first-order valence-electron chi connectivity index (χ1n) is 12.2. The van der Waals surface area contributed by atoms with Crippen molar-refractivity contribution in [3.8, 4) is 11.5 Å². The average molecular weight is 672 g/mol. The number of hydrogen-bond acceptors (Lipinski definition) is 7. The van der Waals surface area contributed by atoms with E-state index in [9.17, 15) is 19.2 Å². The molecule has 4 rings (SSSR count). The topological polar surface area (TPSA) is 111 Å². The summed E-state index contributed by atoms with van der Waals surface area (Å²) in [4.78, 5) is 51.4. The predicted molar refractivity (Wildman–Crippen MR) is 155 cm³/mol. The van der Waals surface area contributed by atoms with E-state index in [1.165, 1.54) is 30.3 Å². The third kappa shape index (κ3) is 6.60. The van der Waals surface area contributed by atoms with Gasteiger partial charge in [-0.15, -0.1) is 0 Å². The van der Waals surface area contributed by atoms with Crippen LogP contribution in [0, 0.1) is 0 Å². The SMILES string of the molecule is CCOC(=O)c1ccc(N2C(=O)NC(=O)/C(=C\c3cc(Br)c(OCc4ccc(Br)cc4)c(OCC)c3)C2=O)cc1. The van der Waals surface area contributed by atoms with Crippen LogP contribution < -0.4 is 19.7 Å². The summed E-state index contributed by atoms with van der Waals surface area (Å²) in [5.41, 5.74) is 1.61. The highest BCUT2D eigenvalue weighted by Crippen LogP contribution is 2.38. The molecule has 0 bridgehead atoms. The van der Waals surface area contributed by atoms with E-state index in [2.05, 4.69) is 37.2 Å². The van der Waals surface area contributed by atoms with Gasteiger partial charge in [0.15, 0.2) is 11.5 Å². The van der Waals surface area contributed by atoms with Crippen LogP contribution in [0.15, 0.2) is 75.2 Å². The molecule has 1 aliphatic rings. The van der Waals surface area contributed by atoms with Gasteiger partial charge in [-0.1, -0.05) is 28.1 Å². The zero-order valence-electron chi connectivity index (χ0n) is 21.5. The van der Waals surface area contributed by atoms with Crippen molar-refractivity contribution in [1.29, 1.82) is 0 Å². The van der Waals surface area contributed by atoms with E-state index in [1.807, 2.05) is 31.2 Å². The number of carbonyl (C=O) groups excluding carboxylic acids is 4. The molecule has 3 aromatic carbocycles. The Balaban J connectivity index is 1.62. The molecule has 0 unspecified atom stereocenters. The molecular weight excluding hydrogens is 648 g/mol. The minimum Gasteiger partial charge on any atom is -0.490 e. The summed E-state index contributed by atoms with van der Waals surface area (Å²) >= 11 is 6.92. The van der Waals surface area contributed by atoms with Crippen LogP contribution in [0.4, 0.5) is 10.5 Å². The quantitative estimate of drug-likeness (QED) is 0.168. The Morgan fingerprint density at radius 1 is 0.925 bits per heavy atom. The molecule has 0 aromatic heterocycles. The molecular formula is C29H24Br2N2O7. The number of imide groups is 2. The fourth-order valence-electron chi connectivity index (χ4n) is 3.83. The van der Waals surface area contributed by atoms with E-state index in [0.29, 0.717) is 34.7 Å². The summed E-state index contributed by atoms with van der Waals surface area (Å²) in [6.07, 6.45) is 1.37. The van der Waals surface area contributed by atoms with Gasteiger partial charge in [0.2, 0.25) is 0 Å². The minimum absolute atomic E-state index is 0.182. The number of amides is 4. The van der Waals surface area contributed by atoms with Gasteiger partial charge in [0.25, 0.3) is 11.8 Å². The van der Waals surface area contributed by atoms with Crippen LogP contribution in [0.2, 0.25) is 0 Å². The molecule has 0 aliphatic carbocycles. The van der Waals surface area contributed by atoms with Crippen molar-refractivity contribution < 1.29 is 33.4 Å². The first-order chi connectivity index (χ1) is 19.2. The van der Waals surface area contributed by atoms with Gasteiger partial charge in [-0.25, -0.2) is 14.5 Å². The highest BCUT2D eigenvalue weighted by atomic mass is 79.9. The zero-order chi connectivity index (χ0) is 28.8. The third-order valence-corrected chi connectivity index (χ3v) is 6.80. The lowest BCUT2D eigenvalue weighted by Crippen LogP contribution is -2.54. The van der Waals surface area contributed by atoms with Crippen molar-refractivity contribution in [1.82, 2.24) is 5.32 Å². The van der Waals surface area contributed by atoms with Crippen LogP contribution >= 0.6 is 31.9 Å². The second-order valence-electron chi connectivity index (χ2n) is 8.40. The Labute approximate surface area is 247 Å². The fourth-order valence-corrected chi connectivity index (χ4v) is 4.67. The highest BCUT2D eigenvalue weighted by Gasteiger charge is 2.37. The summed E-state index contributed by atoms with van der Waals surface area (Å²) in [5, 5.41) is 2.19. The number of nitrogens with zero attached hydrogens (tertiary/aromatic N) is 1. The number of benzene rings is 3. The second kappa shape index (κ2) is 12.9. The van der Waals surface area contributed by atoms with Crippen molar-refractivity contribution in [2.75, 3.05) is 18.1 Å². The van der Waals surface area contributed by atoms with Crippen LogP contribution in [0.3, 0.4) is 0 Å². The van der Waals surface area contributed by atoms with Gasteiger partial charge in [-0.2, -0.15) is 0 Å². The number of barbiturate groups is 1. The van der Waals surface area contributed by atoms with Crippen LogP contribution in [0.1, 0.15) is 35.3 Å². The van der Waals surface area contributed by atoms with Crippen molar-refractivity contribution >= 4 is 67.4 Å². The van der Waals surface area contributed by atoms with E-state index in [0.717, 1.165) is 14.9 Å². The number of halogens is 2. The Bertz CT molecular complexity index is 1490. The van der Waals surface area contributed by atoms with E-state index in [1.54, 1.807) is 19.1 Å². The van der Waals surface area contributed by atoms with Crippen LogP contribution in [0.5, 0.6) is 11.5 Å². The molecule has 11 heteroatoms. The Morgan fingerprint density at radius 2 is 1.62 bits per heavy atom. The first kappa shape index (κ1) is 29.0. The van der Waals surface area contributed by atoms with E-state index >= 15 is 0 Å². The second-order valence-corrected chi connectivity index (χ2v) is 10.2. The standard InChI is InChI=1S/C29H24Br2N2O7/c1-3-38-24-15-18(14-23(31)25(24)40-16-17-5-9-20(30)10-6-17)13-22-26(34)32-29(37)33(27(22)35)21-11-7-19(8-12-21)28(36)39-4-2/h5-15H,3-4,16H2,1-2H3,(H,32,34,37)/b22-13+. The Hall–Kier alpha value is -3.96. The Kier molecular flexibility index (Phi) is 9.38. The molecule has 4 amide bonds. The van der Waals surface area contributed by atoms with Gasteiger partial charge in [0.05, 0.1) is 28.9 Å². The monoisotopic (exact) mass is 670 g/mol. The van der Waals surface area contributed by atoms with Crippen molar-refractivity contribution in [3.05, 3.63) is 91.9 Å². The van der Waals surface area contributed by atoms with Crippen LogP contribution in [-0.4, -0.2) is 37.0 Å². The maximum Gasteiger partial charge on any atom is 0.338 e. The summed E-state index contributed by atoms with van der Waals surface area (Å²) in [7, 11) is 0. The molecule has 1 fully saturated rings. The summed E-state index contributed by atoms with van der Waals surface area (Å²) in [6, 6.07) is 15.9. The molecule has 9 nitrogen and oxygen atoms in total. The number of urea groups is 1. The number of ether oxygens (including phenoxy) is 3. The van der Waals surface area contributed by atoms with Gasteiger partial charge in [-0.3, -0.25) is 14.9 Å². The van der Waals surface area contributed by atoms with Crippen LogP contribution in [0.25, 0.3) is 6.08 Å². The van der Waals surface area contributed by atoms with Gasteiger partial charge in [0, 0.05) is 4.47 Å². The molecule has 1 heterocycles. The molecule has 1 N–H and O–H groups in total. The number of hydrogen-bond donors (Lipinski definition) is 1. The number of esters is 1. The van der Waals surface area contributed by atoms with Gasteiger partial charge < -0.3 is 14.2 Å². The largest absolute Gasteiger partial charge is 0.490 e. The highest BCUT2D eigenvalue weighted by molar-refractivity contribution is 9.10. The number of carbonyl (C=O) groups is 4. The molecule has 0 saturated carbocycles. The van der Waals surface area contributed by atoms with Crippen LogP contribution in [-0.2, 0) is 20.9 Å². The van der Waals surface area contributed by atoms with E-state index < -0.39 is 23.8 Å². The van der Waals surface area contributed by atoms with Crippen molar-refractivity contribution in [2.24, 2.45) is 0 Å². The van der Waals surface area contributed by atoms with E-state index in [-0.39, 0.29) is 23.4 Å². The lowest BCUT2D eigenvalue weighted by atomic mass is 10.1. The van der Waals surface area contributed by atoms with E-state index in [4.69, 9.17) is 14.2 Å². The van der Waals surface area contributed by atoms with Gasteiger partial charge in [0.1, 0.15) is 12.2 Å². The molecule has 0 atom stereocenters. The Morgan fingerprint density at radius 3 is 2.27 bits per heavy atom. The zero-order valence-corrected chi connectivity index (χ0v) is 24.7. The molecule has 3 aromatic rings. The minimum atomic E-state index is -0.899. The maximum atomic E-state index is 13.3. The molecule has 1 aliphatic heterocycles. The number of nitrogens with one attached hydrogen (secondary N) is 1. The molecule has 40 heavy (non-hydrogen) atoms. The third-order valence-electron chi connectivity index (χ3n) is 5.68.